The Labute approximate surface area is 140 Å². The fourth-order valence-electron chi connectivity index (χ4n) is 3.64. The first kappa shape index (κ1) is 15.5. The fourth-order valence-corrected chi connectivity index (χ4v) is 4.70. The van der Waals surface area contributed by atoms with Crippen molar-refractivity contribution in [2.45, 2.75) is 50.6 Å². The van der Waals surface area contributed by atoms with Crippen molar-refractivity contribution in [2.75, 3.05) is 26.8 Å². The van der Waals surface area contributed by atoms with Gasteiger partial charge in [-0.3, -0.25) is 9.69 Å². The van der Waals surface area contributed by atoms with Gasteiger partial charge in [0.25, 0.3) is 0 Å². The lowest BCUT2D eigenvalue weighted by Gasteiger charge is -2.32. The summed E-state index contributed by atoms with van der Waals surface area (Å²) in [5.74, 6) is 0.715. The molecule has 1 amide bonds. The van der Waals surface area contributed by atoms with Crippen LogP contribution in [0.2, 0.25) is 0 Å². The van der Waals surface area contributed by atoms with Crippen molar-refractivity contribution in [3.8, 4) is 0 Å². The summed E-state index contributed by atoms with van der Waals surface area (Å²) in [5, 5.41) is 14.2. The van der Waals surface area contributed by atoms with Crippen LogP contribution in [0.25, 0.3) is 0 Å². The summed E-state index contributed by atoms with van der Waals surface area (Å²) in [4.78, 5) is 14.1. The number of piperidine rings is 1. The van der Waals surface area contributed by atoms with Gasteiger partial charge in [-0.25, -0.2) is 0 Å². The highest BCUT2D eigenvalue weighted by Gasteiger charge is 2.55. The number of hydrogen-bond acceptors (Lipinski definition) is 6. The maximum Gasteiger partial charge on any atom is 0.246 e. The maximum atomic E-state index is 11.6. The molecule has 1 aliphatic heterocycles. The van der Waals surface area contributed by atoms with Crippen LogP contribution in [0.3, 0.4) is 0 Å². The van der Waals surface area contributed by atoms with Gasteiger partial charge in [-0.05, 0) is 50.6 Å². The summed E-state index contributed by atoms with van der Waals surface area (Å²) >= 11 is 1.79. The lowest BCUT2D eigenvalue weighted by Crippen LogP contribution is -2.39. The zero-order valence-corrected chi connectivity index (χ0v) is 14.4. The Morgan fingerprint density at radius 1 is 1.39 bits per heavy atom. The van der Waals surface area contributed by atoms with Gasteiger partial charge in [-0.2, -0.15) is 0 Å². The van der Waals surface area contributed by atoms with E-state index in [-0.39, 0.29) is 12.5 Å². The summed E-state index contributed by atoms with van der Waals surface area (Å²) in [7, 11) is 1.56. The zero-order chi connectivity index (χ0) is 15.9. The van der Waals surface area contributed by atoms with Crippen molar-refractivity contribution in [3.05, 3.63) is 10.0 Å². The van der Waals surface area contributed by atoms with Gasteiger partial charge in [0.2, 0.25) is 5.91 Å². The monoisotopic (exact) mass is 336 g/mol. The smallest absolute Gasteiger partial charge is 0.246 e. The van der Waals surface area contributed by atoms with Gasteiger partial charge in [0, 0.05) is 19.1 Å². The summed E-state index contributed by atoms with van der Waals surface area (Å²) in [6.07, 6.45) is 6.04. The molecular formula is C16H24N4O2S. The van der Waals surface area contributed by atoms with Gasteiger partial charge in [-0.1, -0.05) is 11.3 Å². The molecule has 0 bridgehead atoms. The number of likely N-dealkylation sites (tertiary alicyclic amines) is 1. The highest BCUT2D eigenvalue weighted by molar-refractivity contribution is 7.11. The molecular weight excluding hydrogens is 312 g/mol. The van der Waals surface area contributed by atoms with Crippen LogP contribution in [0.1, 0.15) is 48.0 Å². The average molecular weight is 336 g/mol. The van der Waals surface area contributed by atoms with E-state index in [9.17, 15) is 4.79 Å². The lowest BCUT2D eigenvalue weighted by molar-refractivity contribution is -0.125. The van der Waals surface area contributed by atoms with Gasteiger partial charge < -0.3 is 10.1 Å². The van der Waals surface area contributed by atoms with Crippen molar-refractivity contribution in [3.63, 3.8) is 0 Å². The molecule has 1 spiro atoms. The van der Waals surface area contributed by atoms with Gasteiger partial charge in [-0.15, -0.1) is 10.2 Å². The summed E-state index contributed by atoms with van der Waals surface area (Å²) < 4.78 is 4.88. The summed E-state index contributed by atoms with van der Waals surface area (Å²) in [6, 6.07) is 0.357. The Morgan fingerprint density at radius 3 is 2.87 bits per heavy atom. The van der Waals surface area contributed by atoms with Crippen LogP contribution in [0.4, 0.5) is 0 Å². The van der Waals surface area contributed by atoms with Gasteiger partial charge in [0.15, 0.2) is 0 Å². The number of nitrogens with one attached hydrogen (secondary N) is 1. The van der Waals surface area contributed by atoms with Crippen molar-refractivity contribution in [1.29, 1.82) is 0 Å². The molecule has 1 aromatic heterocycles. The van der Waals surface area contributed by atoms with Crippen molar-refractivity contribution < 1.29 is 9.53 Å². The van der Waals surface area contributed by atoms with Crippen LogP contribution in [-0.2, 0) is 16.1 Å². The second-order valence-corrected chi connectivity index (χ2v) is 8.30. The minimum absolute atomic E-state index is 0.0123. The molecule has 2 saturated carbocycles. The predicted molar refractivity (Wildman–Crippen MR) is 87.3 cm³/mol. The first-order valence-electron chi connectivity index (χ1n) is 8.51. The third-order valence-corrected chi connectivity index (χ3v) is 6.49. The third-order valence-electron chi connectivity index (χ3n) is 5.42. The normalized spacial score (nSPS) is 26.4. The minimum atomic E-state index is 0.0123. The molecule has 0 aromatic carbocycles. The Kier molecular flexibility index (Phi) is 4.11. The first-order chi connectivity index (χ1) is 11.2. The molecule has 4 rings (SSSR count). The van der Waals surface area contributed by atoms with E-state index in [4.69, 9.17) is 4.74 Å². The Morgan fingerprint density at radius 2 is 2.17 bits per heavy atom. The lowest BCUT2D eigenvalue weighted by atomic mass is 9.92. The van der Waals surface area contributed by atoms with E-state index >= 15 is 0 Å². The molecule has 1 N–H and O–H groups in total. The van der Waals surface area contributed by atoms with E-state index in [1.165, 1.54) is 30.7 Å². The maximum absolute atomic E-state index is 11.6. The molecule has 126 valence electrons. The Bertz CT molecular complexity index is 578. The molecule has 2 heterocycles. The van der Waals surface area contributed by atoms with E-state index in [1.54, 1.807) is 18.4 Å². The predicted octanol–water partition coefficient (Wildman–Crippen LogP) is 1.53. The zero-order valence-electron chi connectivity index (χ0n) is 13.6. The molecule has 3 fully saturated rings. The number of rotatable bonds is 6. The van der Waals surface area contributed by atoms with E-state index in [2.05, 4.69) is 20.4 Å². The molecule has 1 atom stereocenters. The van der Waals surface area contributed by atoms with Crippen LogP contribution >= 0.6 is 11.3 Å². The molecule has 1 aromatic rings. The van der Waals surface area contributed by atoms with Gasteiger partial charge >= 0.3 is 0 Å². The average Bonchev–Trinajstić information content (AvgIpc) is 3.44. The van der Waals surface area contributed by atoms with Crippen LogP contribution < -0.4 is 5.32 Å². The minimum Gasteiger partial charge on any atom is -0.375 e. The number of amides is 1. The molecule has 1 unspecified atom stereocenters. The number of methoxy groups -OCH3 is 1. The highest BCUT2D eigenvalue weighted by Crippen LogP contribution is 2.54. The topological polar surface area (TPSA) is 67.3 Å². The third kappa shape index (κ3) is 3.41. The second-order valence-electron chi connectivity index (χ2n) is 7.20. The molecule has 2 aliphatic carbocycles. The van der Waals surface area contributed by atoms with Gasteiger partial charge in [0.1, 0.15) is 16.6 Å². The molecule has 0 radical (unpaired) electrons. The van der Waals surface area contributed by atoms with Gasteiger partial charge in [0.05, 0.1) is 6.54 Å². The summed E-state index contributed by atoms with van der Waals surface area (Å²) in [5.41, 5.74) is 0.347. The van der Waals surface area contributed by atoms with Crippen LogP contribution in [0.15, 0.2) is 0 Å². The first-order valence-corrected chi connectivity index (χ1v) is 9.33. The summed E-state index contributed by atoms with van der Waals surface area (Å²) in [6.45, 7) is 3.28. The van der Waals surface area contributed by atoms with E-state index < -0.39 is 0 Å². The van der Waals surface area contributed by atoms with Crippen LogP contribution in [-0.4, -0.2) is 53.9 Å². The molecule has 6 nitrogen and oxygen atoms in total. The SMILES string of the molecule is COCC(=O)NC1CC12CCN(Cc1nnc(C3CC3)s1)CC2. The quantitative estimate of drug-likeness (QED) is 0.853. The Balaban J connectivity index is 1.24. The number of ether oxygens (including phenoxy) is 1. The highest BCUT2D eigenvalue weighted by atomic mass is 32.1. The second kappa shape index (κ2) is 6.11. The van der Waals surface area contributed by atoms with Crippen LogP contribution in [0, 0.1) is 5.41 Å². The molecule has 1 saturated heterocycles. The molecule has 7 heteroatoms. The number of hydrogen-bond donors (Lipinski definition) is 1. The standard InChI is InChI=1S/C16H24N4O2S/c1-22-10-13(21)17-12-8-16(12)4-6-20(7-5-16)9-14-18-19-15(23-14)11-2-3-11/h11-12H,2-10H2,1H3,(H,17,21). The van der Waals surface area contributed by atoms with E-state index in [0.29, 0.717) is 17.4 Å². The van der Waals surface area contributed by atoms with Crippen LogP contribution in [0.5, 0.6) is 0 Å². The number of aromatic nitrogens is 2. The molecule has 3 aliphatic rings. The number of carbonyl (C=O) groups is 1. The number of carbonyl (C=O) groups excluding carboxylic acids is 1. The van der Waals surface area contributed by atoms with Crippen molar-refractivity contribution in [2.24, 2.45) is 5.41 Å². The fraction of sp³-hybridized carbons (Fsp3) is 0.812. The largest absolute Gasteiger partial charge is 0.375 e. The van der Waals surface area contributed by atoms with E-state index in [1.807, 2.05) is 0 Å². The van der Waals surface area contributed by atoms with Crippen molar-refractivity contribution in [1.82, 2.24) is 20.4 Å². The van der Waals surface area contributed by atoms with E-state index in [0.717, 1.165) is 31.1 Å². The number of nitrogens with zero attached hydrogens (tertiary/aromatic N) is 3. The molecule has 23 heavy (non-hydrogen) atoms. The Hall–Kier alpha value is -1.05. The van der Waals surface area contributed by atoms with Crippen molar-refractivity contribution >= 4 is 17.2 Å².